The van der Waals surface area contributed by atoms with Gasteiger partial charge < -0.3 is 14.6 Å². The minimum atomic E-state index is -0.271. The fraction of sp³-hybridized carbons (Fsp3) is 0.600. The Kier molecular flexibility index (Phi) is 6.90. The molecule has 1 aromatic carbocycles. The predicted octanol–water partition coefficient (Wildman–Crippen LogP) is 6.10. The van der Waals surface area contributed by atoms with Crippen LogP contribution in [-0.4, -0.2) is 29.5 Å². The molecule has 0 spiro atoms. The first-order valence-electron chi connectivity index (χ1n) is 11.7. The van der Waals surface area contributed by atoms with Crippen molar-refractivity contribution in [1.82, 2.24) is 4.98 Å². The number of amides is 1. The van der Waals surface area contributed by atoms with Gasteiger partial charge in [0, 0.05) is 22.1 Å². The zero-order valence-electron chi connectivity index (χ0n) is 18.5. The maximum Gasteiger partial charge on any atom is 0.309 e. The second-order valence-electron chi connectivity index (χ2n) is 9.72. The van der Waals surface area contributed by atoms with Gasteiger partial charge in [-0.1, -0.05) is 57.6 Å². The highest BCUT2D eigenvalue weighted by molar-refractivity contribution is 6.31. The summed E-state index contributed by atoms with van der Waals surface area (Å²) >= 11 is 6.25. The molecule has 1 amide bonds. The first-order chi connectivity index (χ1) is 15.0. The van der Waals surface area contributed by atoms with Crippen LogP contribution in [0.4, 0.5) is 5.69 Å². The van der Waals surface area contributed by atoms with E-state index in [-0.39, 0.29) is 24.0 Å². The molecule has 168 valence electrons. The molecule has 1 saturated heterocycles. The van der Waals surface area contributed by atoms with Crippen LogP contribution in [0.2, 0.25) is 5.02 Å². The fourth-order valence-corrected chi connectivity index (χ4v) is 5.65. The van der Waals surface area contributed by atoms with Gasteiger partial charge in [0.05, 0.1) is 17.6 Å². The van der Waals surface area contributed by atoms with Crippen LogP contribution in [0.3, 0.4) is 0 Å². The number of halogens is 1. The number of hydrogen-bond donors (Lipinski definition) is 1. The van der Waals surface area contributed by atoms with Crippen LogP contribution >= 0.6 is 11.6 Å². The van der Waals surface area contributed by atoms with Crippen molar-refractivity contribution in [3.63, 3.8) is 0 Å². The standard InChI is InChI=1S/C25H33ClN2O3/c1-16(2)10-18-12-24(31-25(18)30)22(11-17-6-4-3-5-7-17)28(15-29)23-14-27-21-9-8-19(26)13-20(21)23/h8-9,13-18,22,24,27H,3-7,10-12H2,1-2H3/t18-,22+,24+/m1/s1. The summed E-state index contributed by atoms with van der Waals surface area (Å²) in [7, 11) is 0. The summed E-state index contributed by atoms with van der Waals surface area (Å²) in [6.45, 7) is 4.26. The monoisotopic (exact) mass is 444 g/mol. The minimum Gasteiger partial charge on any atom is -0.460 e. The smallest absolute Gasteiger partial charge is 0.309 e. The molecule has 1 saturated carbocycles. The van der Waals surface area contributed by atoms with Gasteiger partial charge in [-0.05, 0) is 49.3 Å². The second-order valence-corrected chi connectivity index (χ2v) is 10.2. The van der Waals surface area contributed by atoms with Crippen LogP contribution < -0.4 is 4.90 Å². The molecular formula is C25H33ClN2O3. The van der Waals surface area contributed by atoms with E-state index in [1.807, 2.05) is 24.4 Å². The predicted molar refractivity (Wildman–Crippen MR) is 124 cm³/mol. The van der Waals surface area contributed by atoms with Crippen LogP contribution in [0.25, 0.3) is 10.9 Å². The molecule has 1 aliphatic heterocycles. The maximum absolute atomic E-state index is 12.6. The van der Waals surface area contributed by atoms with Crippen molar-refractivity contribution in [3.8, 4) is 0 Å². The molecule has 0 unspecified atom stereocenters. The van der Waals surface area contributed by atoms with Gasteiger partial charge in [0.1, 0.15) is 6.10 Å². The zero-order valence-corrected chi connectivity index (χ0v) is 19.2. The van der Waals surface area contributed by atoms with E-state index in [0.717, 1.165) is 35.8 Å². The third kappa shape index (κ3) is 4.92. The number of nitrogens with one attached hydrogen (secondary N) is 1. The number of H-pyrrole nitrogens is 1. The molecule has 4 rings (SSSR count). The molecule has 1 aromatic heterocycles. The Morgan fingerprint density at radius 1 is 1.23 bits per heavy atom. The molecule has 2 aliphatic rings. The van der Waals surface area contributed by atoms with E-state index in [1.54, 1.807) is 4.90 Å². The quantitative estimate of drug-likeness (QED) is 0.395. The van der Waals surface area contributed by atoms with Crippen LogP contribution in [-0.2, 0) is 14.3 Å². The van der Waals surface area contributed by atoms with Crippen LogP contribution in [0.1, 0.15) is 65.2 Å². The average molecular weight is 445 g/mol. The Labute approximate surface area is 189 Å². The Balaban J connectivity index is 1.65. The van der Waals surface area contributed by atoms with Crippen molar-refractivity contribution in [3.05, 3.63) is 29.4 Å². The number of nitrogens with zero attached hydrogens (tertiary/aromatic N) is 1. The lowest BCUT2D eigenvalue weighted by Crippen LogP contribution is -2.44. The van der Waals surface area contributed by atoms with Crippen molar-refractivity contribution < 1.29 is 14.3 Å². The summed E-state index contributed by atoms with van der Waals surface area (Å²) in [5, 5.41) is 1.55. The molecule has 5 nitrogen and oxygen atoms in total. The summed E-state index contributed by atoms with van der Waals surface area (Å²) in [4.78, 5) is 30.1. The lowest BCUT2D eigenvalue weighted by Gasteiger charge is -2.35. The van der Waals surface area contributed by atoms with Crippen LogP contribution in [0.15, 0.2) is 24.4 Å². The lowest BCUT2D eigenvalue weighted by molar-refractivity contribution is -0.145. The minimum absolute atomic E-state index is 0.0789. The topological polar surface area (TPSA) is 62.4 Å². The van der Waals surface area contributed by atoms with E-state index in [9.17, 15) is 9.59 Å². The molecule has 0 bridgehead atoms. The molecule has 3 atom stereocenters. The van der Waals surface area contributed by atoms with E-state index >= 15 is 0 Å². The summed E-state index contributed by atoms with van der Waals surface area (Å²) in [5.74, 6) is 0.800. The van der Waals surface area contributed by atoms with Gasteiger partial charge in [-0.2, -0.15) is 0 Å². The van der Waals surface area contributed by atoms with Gasteiger partial charge in [-0.3, -0.25) is 9.59 Å². The second kappa shape index (κ2) is 9.64. The number of hydrogen-bond acceptors (Lipinski definition) is 3. The number of carbonyl (C=O) groups is 2. The van der Waals surface area contributed by atoms with Crippen molar-refractivity contribution in [2.45, 2.75) is 77.4 Å². The Morgan fingerprint density at radius 3 is 2.71 bits per heavy atom. The zero-order chi connectivity index (χ0) is 22.0. The number of fused-ring (bicyclic) bond motifs is 1. The number of anilines is 1. The fourth-order valence-electron chi connectivity index (χ4n) is 5.48. The third-order valence-corrected chi connectivity index (χ3v) is 7.21. The molecule has 2 heterocycles. The molecule has 0 radical (unpaired) electrons. The molecule has 1 aliphatic carbocycles. The lowest BCUT2D eigenvalue weighted by atomic mass is 9.82. The number of rotatable bonds is 8. The van der Waals surface area contributed by atoms with E-state index in [2.05, 4.69) is 18.8 Å². The average Bonchev–Trinajstić information content (AvgIpc) is 3.31. The number of esters is 1. The van der Waals surface area contributed by atoms with Crippen molar-refractivity contribution in [1.29, 1.82) is 0 Å². The van der Waals surface area contributed by atoms with E-state index in [1.165, 1.54) is 32.1 Å². The highest BCUT2D eigenvalue weighted by Gasteiger charge is 2.42. The Morgan fingerprint density at radius 2 is 2.00 bits per heavy atom. The Bertz CT molecular complexity index is 919. The summed E-state index contributed by atoms with van der Waals surface area (Å²) in [6.07, 6.45) is 11.0. The first kappa shape index (κ1) is 22.2. The normalized spacial score (nSPS) is 23.3. The van der Waals surface area contributed by atoms with Crippen molar-refractivity contribution in [2.75, 3.05) is 4.90 Å². The molecule has 1 N–H and O–H groups in total. The number of aromatic amines is 1. The van der Waals surface area contributed by atoms with Crippen LogP contribution in [0.5, 0.6) is 0 Å². The van der Waals surface area contributed by atoms with E-state index < -0.39 is 0 Å². The van der Waals surface area contributed by atoms with Gasteiger partial charge in [0.2, 0.25) is 6.41 Å². The number of benzene rings is 1. The van der Waals surface area contributed by atoms with Gasteiger partial charge in [0.25, 0.3) is 0 Å². The summed E-state index contributed by atoms with van der Waals surface area (Å²) < 4.78 is 5.92. The van der Waals surface area contributed by atoms with Crippen molar-refractivity contribution in [2.24, 2.45) is 17.8 Å². The van der Waals surface area contributed by atoms with Gasteiger partial charge in [0.15, 0.2) is 0 Å². The molecular weight excluding hydrogens is 412 g/mol. The van der Waals surface area contributed by atoms with Gasteiger partial charge in [-0.15, -0.1) is 0 Å². The largest absolute Gasteiger partial charge is 0.460 e. The number of ether oxygens (including phenoxy) is 1. The van der Waals surface area contributed by atoms with E-state index in [0.29, 0.717) is 23.3 Å². The van der Waals surface area contributed by atoms with Crippen molar-refractivity contribution >= 4 is 40.6 Å². The highest BCUT2D eigenvalue weighted by atomic mass is 35.5. The Hall–Kier alpha value is -2.01. The summed E-state index contributed by atoms with van der Waals surface area (Å²) in [6, 6.07) is 5.48. The SMILES string of the molecule is CC(C)C[C@@H]1C[C@@H]([C@H](CC2CCCCC2)N(C=O)c2c[nH]c3ccc(Cl)cc23)OC1=O. The van der Waals surface area contributed by atoms with Gasteiger partial charge >= 0.3 is 5.97 Å². The number of carbonyl (C=O) groups excluding carboxylic acids is 2. The van der Waals surface area contributed by atoms with Crippen LogP contribution in [0, 0.1) is 17.8 Å². The first-order valence-corrected chi connectivity index (χ1v) is 12.0. The third-order valence-electron chi connectivity index (χ3n) is 6.97. The number of aromatic nitrogens is 1. The highest BCUT2D eigenvalue weighted by Crippen LogP contribution is 2.38. The molecule has 31 heavy (non-hydrogen) atoms. The van der Waals surface area contributed by atoms with E-state index in [4.69, 9.17) is 16.3 Å². The summed E-state index contributed by atoms with van der Waals surface area (Å²) in [5.41, 5.74) is 1.74. The molecule has 6 heteroatoms. The number of cyclic esters (lactones) is 1. The molecule has 2 aromatic rings. The van der Waals surface area contributed by atoms with Gasteiger partial charge in [-0.25, -0.2) is 0 Å². The maximum atomic E-state index is 12.6. The molecule has 2 fully saturated rings.